The van der Waals surface area contributed by atoms with Crippen molar-refractivity contribution in [2.45, 2.75) is 20.4 Å². The van der Waals surface area contributed by atoms with Gasteiger partial charge in [0.05, 0.1) is 19.8 Å². The zero-order chi connectivity index (χ0) is 17.3. The molecule has 1 aliphatic rings. The van der Waals surface area contributed by atoms with Gasteiger partial charge in [-0.2, -0.15) is 0 Å². The number of carbonyl (C=O) groups excluding carboxylic acids is 3. The minimum absolute atomic E-state index is 0.0183. The molecule has 0 saturated carbocycles. The van der Waals surface area contributed by atoms with E-state index >= 15 is 0 Å². The molecule has 0 unspecified atom stereocenters. The summed E-state index contributed by atoms with van der Waals surface area (Å²) in [6.45, 7) is 3.38. The van der Waals surface area contributed by atoms with E-state index in [9.17, 15) is 14.4 Å². The van der Waals surface area contributed by atoms with Crippen molar-refractivity contribution < 1.29 is 28.3 Å². The van der Waals surface area contributed by atoms with E-state index in [1.807, 2.05) is 0 Å². The second-order valence-corrected chi connectivity index (χ2v) is 4.98. The maximum Gasteiger partial charge on any atom is 0.436 e. The van der Waals surface area contributed by atoms with Crippen LogP contribution in [0.25, 0.3) is 11.0 Å². The average Bonchev–Trinajstić information content (AvgIpc) is 2.94. The van der Waals surface area contributed by atoms with Crippen molar-refractivity contribution in [2.75, 3.05) is 13.2 Å². The lowest BCUT2D eigenvalue weighted by Crippen LogP contribution is -2.55. The van der Waals surface area contributed by atoms with Crippen molar-refractivity contribution in [2.24, 2.45) is 0 Å². The summed E-state index contributed by atoms with van der Waals surface area (Å²) in [7, 11) is 0. The molecular weight excluding hydrogens is 316 g/mol. The molecule has 1 aromatic carbocycles. The van der Waals surface area contributed by atoms with Gasteiger partial charge in [-0.05, 0) is 19.9 Å². The maximum absolute atomic E-state index is 12.7. The number of amides is 3. The van der Waals surface area contributed by atoms with Crippen molar-refractivity contribution in [1.82, 2.24) is 10.0 Å². The molecule has 8 nitrogen and oxygen atoms in total. The highest BCUT2D eigenvalue weighted by atomic mass is 16.6. The smallest absolute Gasteiger partial charge is 0.436 e. The summed E-state index contributed by atoms with van der Waals surface area (Å²) in [6, 6.07) is 7.07. The van der Waals surface area contributed by atoms with Crippen LogP contribution in [0, 0.1) is 0 Å². The number of nitrogens with zero attached hydrogens (tertiary/aromatic N) is 2. The third-order valence-corrected chi connectivity index (χ3v) is 3.55. The summed E-state index contributed by atoms with van der Waals surface area (Å²) >= 11 is 0. The zero-order valence-electron chi connectivity index (χ0n) is 13.3. The Balaban J connectivity index is 2.09. The lowest BCUT2D eigenvalue weighted by molar-refractivity contribution is -0.0215. The minimum atomic E-state index is -0.957. The van der Waals surface area contributed by atoms with Crippen LogP contribution in [0.4, 0.5) is 9.59 Å². The lowest BCUT2D eigenvalue weighted by atomic mass is 10.1. The molecule has 8 heteroatoms. The van der Waals surface area contributed by atoms with E-state index in [2.05, 4.69) is 0 Å². The number of benzene rings is 1. The molecule has 0 fully saturated rings. The number of rotatable bonds is 2. The molecule has 1 aliphatic heterocycles. The number of furan rings is 1. The fourth-order valence-electron chi connectivity index (χ4n) is 2.57. The fraction of sp³-hybridized carbons (Fsp3) is 0.312. The van der Waals surface area contributed by atoms with Gasteiger partial charge in [-0.1, -0.05) is 18.2 Å². The van der Waals surface area contributed by atoms with Crippen molar-refractivity contribution in [3.63, 3.8) is 0 Å². The Kier molecular flexibility index (Phi) is 4.11. The Morgan fingerprint density at radius 3 is 2.50 bits per heavy atom. The fourth-order valence-corrected chi connectivity index (χ4v) is 2.57. The molecule has 0 bridgehead atoms. The molecule has 0 aliphatic carbocycles. The van der Waals surface area contributed by atoms with Gasteiger partial charge in [-0.15, -0.1) is 5.01 Å². The molecule has 24 heavy (non-hydrogen) atoms. The highest BCUT2D eigenvalue weighted by Gasteiger charge is 2.43. The predicted octanol–water partition coefficient (Wildman–Crippen LogP) is 2.92. The SMILES string of the molecule is CCOC(=O)N1Cc2c(oc3ccccc23)C(=O)N1C(=O)OCC. The van der Waals surface area contributed by atoms with Crippen LogP contribution in [0.1, 0.15) is 30.0 Å². The van der Waals surface area contributed by atoms with E-state index in [-0.39, 0.29) is 25.5 Å². The first kappa shape index (κ1) is 15.9. The first-order valence-electron chi connectivity index (χ1n) is 7.54. The quantitative estimate of drug-likeness (QED) is 0.840. The summed E-state index contributed by atoms with van der Waals surface area (Å²) in [6.07, 6.45) is -1.77. The molecule has 0 N–H and O–H groups in total. The van der Waals surface area contributed by atoms with E-state index < -0.39 is 18.1 Å². The van der Waals surface area contributed by atoms with Crippen LogP contribution < -0.4 is 0 Å². The second-order valence-electron chi connectivity index (χ2n) is 4.98. The van der Waals surface area contributed by atoms with E-state index in [0.29, 0.717) is 21.5 Å². The van der Waals surface area contributed by atoms with Crippen molar-refractivity contribution in [1.29, 1.82) is 0 Å². The molecule has 2 aromatic rings. The highest BCUT2D eigenvalue weighted by molar-refractivity contribution is 6.07. The molecule has 0 radical (unpaired) electrons. The van der Waals surface area contributed by atoms with Gasteiger partial charge in [0.15, 0.2) is 5.76 Å². The molecule has 3 amide bonds. The number of para-hydroxylation sites is 1. The third kappa shape index (κ3) is 2.45. The van der Waals surface area contributed by atoms with Crippen LogP contribution in [-0.2, 0) is 16.0 Å². The first-order chi connectivity index (χ1) is 11.6. The Bertz CT molecular complexity index is 812. The van der Waals surface area contributed by atoms with Gasteiger partial charge < -0.3 is 13.9 Å². The first-order valence-corrected chi connectivity index (χ1v) is 7.54. The van der Waals surface area contributed by atoms with Gasteiger partial charge in [0.2, 0.25) is 0 Å². The Morgan fingerprint density at radius 2 is 1.79 bits per heavy atom. The van der Waals surface area contributed by atoms with E-state index in [1.54, 1.807) is 38.1 Å². The summed E-state index contributed by atoms with van der Waals surface area (Å²) in [5, 5.41) is 2.25. The number of fused-ring (bicyclic) bond motifs is 3. The van der Waals surface area contributed by atoms with Gasteiger partial charge in [0.25, 0.3) is 0 Å². The van der Waals surface area contributed by atoms with E-state index in [0.717, 1.165) is 5.01 Å². The second kappa shape index (κ2) is 6.23. The third-order valence-electron chi connectivity index (χ3n) is 3.55. The Morgan fingerprint density at radius 1 is 1.12 bits per heavy atom. The number of hydrogen-bond acceptors (Lipinski definition) is 6. The van der Waals surface area contributed by atoms with Crippen molar-refractivity contribution in [3.05, 3.63) is 35.6 Å². The van der Waals surface area contributed by atoms with Gasteiger partial charge in [-0.3, -0.25) is 4.79 Å². The molecule has 0 saturated heterocycles. The summed E-state index contributed by atoms with van der Waals surface area (Å²) in [5.74, 6) is -0.747. The predicted molar refractivity (Wildman–Crippen MR) is 82.0 cm³/mol. The number of imide groups is 1. The van der Waals surface area contributed by atoms with Crippen LogP contribution in [-0.4, -0.2) is 41.3 Å². The molecule has 2 heterocycles. The van der Waals surface area contributed by atoms with Crippen LogP contribution in [0.5, 0.6) is 0 Å². The Labute approximate surface area is 137 Å². The minimum Gasteiger partial charge on any atom is -0.450 e. The number of hydrogen-bond donors (Lipinski definition) is 0. The normalized spacial score (nSPS) is 13.8. The average molecular weight is 332 g/mol. The van der Waals surface area contributed by atoms with Gasteiger partial charge >= 0.3 is 18.1 Å². The van der Waals surface area contributed by atoms with E-state index in [4.69, 9.17) is 13.9 Å². The zero-order valence-corrected chi connectivity index (χ0v) is 13.3. The molecule has 0 atom stereocenters. The number of hydrazine groups is 1. The van der Waals surface area contributed by atoms with E-state index in [1.165, 1.54) is 0 Å². The largest absolute Gasteiger partial charge is 0.450 e. The summed E-state index contributed by atoms with van der Waals surface area (Å²) in [5.41, 5.74) is 1.04. The van der Waals surface area contributed by atoms with Crippen molar-refractivity contribution >= 4 is 29.1 Å². The molecule has 0 spiro atoms. The van der Waals surface area contributed by atoms with Crippen LogP contribution in [0.15, 0.2) is 28.7 Å². The molecular formula is C16H16N2O6. The van der Waals surface area contributed by atoms with Gasteiger partial charge in [0.1, 0.15) is 5.58 Å². The molecule has 3 rings (SSSR count). The summed E-state index contributed by atoms with van der Waals surface area (Å²) < 4.78 is 15.4. The topological polar surface area (TPSA) is 89.3 Å². The maximum atomic E-state index is 12.7. The standard InChI is InChI=1S/C16H16N2O6/c1-3-22-15(20)17-9-11-10-7-5-6-8-12(10)24-13(11)14(19)18(17)16(21)23-4-2/h5-8H,3-4,9H2,1-2H3. The van der Waals surface area contributed by atoms with Gasteiger partial charge in [-0.25, -0.2) is 14.6 Å². The van der Waals surface area contributed by atoms with Crippen molar-refractivity contribution in [3.8, 4) is 0 Å². The van der Waals surface area contributed by atoms with Crippen LogP contribution in [0.3, 0.4) is 0 Å². The lowest BCUT2D eigenvalue weighted by Gasteiger charge is -2.33. The Hall–Kier alpha value is -3.03. The molecule has 1 aromatic heterocycles. The molecule has 126 valence electrons. The number of ether oxygens (including phenoxy) is 2. The monoisotopic (exact) mass is 332 g/mol. The summed E-state index contributed by atoms with van der Waals surface area (Å²) in [4.78, 5) is 37.1. The highest BCUT2D eigenvalue weighted by Crippen LogP contribution is 2.32. The van der Waals surface area contributed by atoms with Crippen LogP contribution >= 0.6 is 0 Å². The van der Waals surface area contributed by atoms with Crippen LogP contribution in [0.2, 0.25) is 0 Å². The van der Waals surface area contributed by atoms with Gasteiger partial charge in [0, 0.05) is 10.9 Å². The number of carbonyl (C=O) groups is 3.